The first-order chi connectivity index (χ1) is 12.0. The van der Waals surface area contributed by atoms with Crippen LogP contribution in [0.1, 0.15) is 0 Å². The molecule has 3 aromatic carbocycles. The van der Waals surface area contributed by atoms with E-state index in [9.17, 15) is 19.3 Å². The van der Waals surface area contributed by atoms with Gasteiger partial charge in [-0.1, -0.05) is 30.3 Å². The predicted molar refractivity (Wildman–Crippen MR) is 91.1 cm³/mol. The van der Waals surface area contributed by atoms with Gasteiger partial charge in [-0.2, -0.15) is 0 Å². The van der Waals surface area contributed by atoms with Gasteiger partial charge in [0.15, 0.2) is 6.61 Å². The zero-order valence-electron chi connectivity index (χ0n) is 12.9. The quantitative estimate of drug-likeness (QED) is 0.564. The van der Waals surface area contributed by atoms with E-state index < -0.39 is 16.6 Å². The standard InChI is InChI=1S/C18H13FN2O4/c19-16-8-6-14(21(23)24)10-17(16)20-18(22)11-25-15-7-5-12-3-1-2-4-13(12)9-15/h1-10H,11H2,(H,20,22). The number of nitrogens with zero attached hydrogens (tertiary/aromatic N) is 1. The average molecular weight is 340 g/mol. The van der Waals surface area contributed by atoms with Gasteiger partial charge in [0.05, 0.1) is 10.6 Å². The number of hydrogen-bond acceptors (Lipinski definition) is 4. The third-order valence-corrected chi connectivity index (χ3v) is 3.53. The second-order valence-electron chi connectivity index (χ2n) is 5.27. The highest BCUT2D eigenvalue weighted by atomic mass is 19.1. The molecule has 1 amide bonds. The van der Waals surface area contributed by atoms with Crippen molar-refractivity contribution in [3.05, 3.63) is 76.6 Å². The largest absolute Gasteiger partial charge is 0.484 e. The highest BCUT2D eigenvalue weighted by Gasteiger charge is 2.13. The fourth-order valence-corrected chi connectivity index (χ4v) is 2.31. The van der Waals surface area contributed by atoms with Gasteiger partial charge < -0.3 is 10.1 Å². The molecule has 0 bridgehead atoms. The maximum Gasteiger partial charge on any atom is 0.271 e. The van der Waals surface area contributed by atoms with Crippen LogP contribution in [-0.2, 0) is 4.79 Å². The lowest BCUT2D eigenvalue weighted by Gasteiger charge is -2.09. The highest BCUT2D eigenvalue weighted by molar-refractivity contribution is 5.92. The first kappa shape index (κ1) is 16.4. The summed E-state index contributed by atoms with van der Waals surface area (Å²) in [5.74, 6) is -0.884. The third kappa shape index (κ3) is 3.89. The fourth-order valence-electron chi connectivity index (χ4n) is 2.31. The van der Waals surface area contributed by atoms with Gasteiger partial charge in [0, 0.05) is 12.1 Å². The molecule has 0 atom stereocenters. The van der Waals surface area contributed by atoms with Crippen LogP contribution < -0.4 is 10.1 Å². The fraction of sp³-hybridized carbons (Fsp3) is 0.0556. The van der Waals surface area contributed by atoms with Gasteiger partial charge in [-0.05, 0) is 29.0 Å². The highest BCUT2D eigenvalue weighted by Crippen LogP contribution is 2.22. The molecule has 0 aliphatic carbocycles. The number of halogens is 1. The molecule has 0 unspecified atom stereocenters. The van der Waals surface area contributed by atoms with Crippen LogP contribution in [0.3, 0.4) is 0 Å². The number of nitrogens with one attached hydrogen (secondary N) is 1. The molecule has 0 saturated carbocycles. The smallest absolute Gasteiger partial charge is 0.271 e. The molecular formula is C18H13FN2O4. The van der Waals surface area contributed by atoms with E-state index in [1.54, 1.807) is 12.1 Å². The minimum Gasteiger partial charge on any atom is -0.484 e. The van der Waals surface area contributed by atoms with Gasteiger partial charge in [0.1, 0.15) is 11.6 Å². The van der Waals surface area contributed by atoms with E-state index in [0.717, 1.165) is 29.0 Å². The molecule has 0 aliphatic rings. The molecule has 0 heterocycles. The summed E-state index contributed by atoms with van der Waals surface area (Å²) in [5.41, 5.74) is -0.576. The zero-order chi connectivity index (χ0) is 17.8. The van der Waals surface area contributed by atoms with Gasteiger partial charge >= 0.3 is 0 Å². The Morgan fingerprint density at radius 3 is 2.60 bits per heavy atom. The summed E-state index contributed by atoms with van der Waals surface area (Å²) in [6.45, 7) is -0.347. The van der Waals surface area contributed by atoms with Crippen molar-refractivity contribution in [2.24, 2.45) is 0 Å². The summed E-state index contributed by atoms with van der Waals surface area (Å²) < 4.78 is 19.1. The normalized spacial score (nSPS) is 10.4. The Labute approximate surface area is 142 Å². The van der Waals surface area contributed by atoms with E-state index in [0.29, 0.717) is 5.75 Å². The number of ether oxygens (including phenoxy) is 1. The van der Waals surface area contributed by atoms with E-state index in [2.05, 4.69) is 5.32 Å². The summed E-state index contributed by atoms with van der Waals surface area (Å²) >= 11 is 0. The Hall–Kier alpha value is -3.48. The number of rotatable bonds is 5. The third-order valence-electron chi connectivity index (χ3n) is 3.53. The van der Waals surface area contributed by atoms with Crippen LogP contribution in [0.25, 0.3) is 10.8 Å². The Bertz CT molecular complexity index is 959. The Morgan fingerprint density at radius 2 is 1.84 bits per heavy atom. The molecule has 1 N–H and O–H groups in total. The second kappa shape index (κ2) is 6.96. The van der Waals surface area contributed by atoms with Crippen molar-refractivity contribution in [3.8, 4) is 5.75 Å². The molecule has 126 valence electrons. The lowest BCUT2D eigenvalue weighted by atomic mass is 10.1. The maximum atomic E-state index is 13.7. The number of carbonyl (C=O) groups excluding carboxylic acids is 1. The van der Waals surface area contributed by atoms with Gasteiger partial charge in [0.2, 0.25) is 0 Å². The average Bonchev–Trinajstić information content (AvgIpc) is 2.61. The molecule has 25 heavy (non-hydrogen) atoms. The number of nitro groups is 1. The molecule has 0 aromatic heterocycles. The molecule has 0 saturated heterocycles. The Morgan fingerprint density at radius 1 is 1.08 bits per heavy atom. The lowest BCUT2D eigenvalue weighted by molar-refractivity contribution is -0.384. The van der Waals surface area contributed by atoms with Gasteiger partial charge in [-0.3, -0.25) is 14.9 Å². The Kier molecular flexibility index (Phi) is 4.56. The van der Waals surface area contributed by atoms with Crippen LogP contribution in [0.5, 0.6) is 5.75 Å². The molecule has 0 spiro atoms. The first-order valence-corrected chi connectivity index (χ1v) is 7.38. The number of amides is 1. The van der Waals surface area contributed by atoms with Gasteiger partial charge in [0.25, 0.3) is 11.6 Å². The van der Waals surface area contributed by atoms with Crippen molar-refractivity contribution in [3.63, 3.8) is 0 Å². The monoisotopic (exact) mass is 340 g/mol. The Balaban J connectivity index is 1.66. The molecular weight excluding hydrogens is 327 g/mol. The van der Waals surface area contributed by atoms with E-state index in [1.807, 2.05) is 30.3 Å². The van der Waals surface area contributed by atoms with Crippen LogP contribution in [0.4, 0.5) is 15.8 Å². The van der Waals surface area contributed by atoms with E-state index >= 15 is 0 Å². The second-order valence-corrected chi connectivity index (χ2v) is 5.27. The topological polar surface area (TPSA) is 81.5 Å². The van der Waals surface area contributed by atoms with E-state index in [4.69, 9.17) is 4.74 Å². The summed E-state index contributed by atoms with van der Waals surface area (Å²) in [4.78, 5) is 22.0. The maximum absolute atomic E-state index is 13.7. The predicted octanol–water partition coefficient (Wildman–Crippen LogP) is 3.90. The zero-order valence-corrected chi connectivity index (χ0v) is 12.9. The van der Waals surface area contributed by atoms with Gasteiger partial charge in [-0.25, -0.2) is 4.39 Å². The molecule has 3 rings (SSSR count). The summed E-state index contributed by atoms with van der Waals surface area (Å²) in [6, 6.07) is 16.0. The SMILES string of the molecule is O=C(COc1ccc2ccccc2c1)Nc1cc([N+](=O)[O-])ccc1F. The van der Waals surface area contributed by atoms with Crippen LogP contribution >= 0.6 is 0 Å². The first-order valence-electron chi connectivity index (χ1n) is 7.38. The summed E-state index contributed by atoms with van der Waals surface area (Å²) in [7, 11) is 0. The van der Waals surface area contributed by atoms with E-state index in [1.165, 1.54) is 0 Å². The number of non-ortho nitro benzene ring substituents is 1. The van der Waals surface area contributed by atoms with Crippen molar-refractivity contribution in [2.45, 2.75) is 0 Å². The van der Waals surface area contributed by atoms with Crippen LogP contribution in [-0.4, -0.2) is 17.4 Å². The van der Waals surface area contributed by atoms with Crippen molar-refractivity contribution in [2.75, 3.05) is 11.9 Å². The molecule has 6 nitrogen and oxygen atoms in total. The van der Waals surface area contributed by atoms with Crippen molar-refractivity contribution in [1.29, 1.82) is 0 Å². The van der Waals surface area contributed by atoms with Gasteiger partial charge in [-0.15, -0.1) is 0 Å². The number of carbonyl (C=O) groups is 1. The minimum absolute atomic E-state index is 0.263. The molecule has 0 fully saturated rings. The van der Waals surface area contributed by atoms with Crippen molar-refractivity contribution >= 4 is 28.1 Å². The van der Waals surface area contributed by atoms with Crippen LogP contribution in [0, 0.1) is 15.9 Å². The molecule has 0 radical (unpaired) electrons. The summed E-state index contributed by atoms with van der Waals surface area (Å²) in [5, 5.41) is 15.0. The number of hydrogen-bond donors (Lipinski definition) is 1. The number of fused-ring (bicyclic) bond motifs is 1. The molecule has 7 heteroatoms. The van der Waals surface area contributed by atoms with Crippen molar-refractivity contribution in [1.82, 2.24) is 0 Å². The molecule has 0 aliphatic heterocycles. The number of nitro benzene ring substituents is 1. The van der Waals surface area contributed by atoms with Crippen molar-refractivity contribution < 1.29 is 18.8 Å². The lowest BCUT2D eigenvalue weighted by Crippen LogP contribution is -2.20. The van der Waals surface area contributed by atoms with Crippen LogP contribution in [0.2, 0.25) is 0 Å². The minimum atomic E-state index is -0.760. The number of anilines is 1. The molecule has 3 aromatic rings. The summed E-state index contributed by atoms with van der Waals surface area (Å²) in [6.07, 6.45) is 0. The van der Waals surface area contributed by atoms with Crippen LogP contribution in [0.15, 0.2) is 60.7 Å². The number of benzene rings is 3. The van der Waals surface area contributed by atoms with E-state index in [-0.39, 0.29) is 18.0 Å².